The Balaban J connectivity index is 2.35. The van der Waals surface area contributed by atoms with E-state index in [2.05, 4.69) is 9.97 Å². The molecule has 1 amide bonds. The van der Waals surface area contributed by atoms with E-state index in [0.29, 0.717) is 29.9 Å². The molecule has 0 aliphatic heterocycles. The van der Waals surface area contributed by atoms with E-state index >= 15 is 0 Å². The van der Waals surface area contributed by atoms with Crippen LogP contribution in [0.1, 0.15) is 24.7 Å². The van der Waals surface area contributed by atoms with Gasteiger partial charge >= 0.3 is 0 Å². The number of benzene rings is 1. The van der Waals surface area contributed by atoms with Gasteiger partial charge in [-0.3, -0.25) is 4.79 Å². The van der Waals surface area contributed by atoms with Crippen LogP contribution in [0.3, 0.4) is 0 Å². The Hall–Kier alpha value is -2.28. The molecule has 2 aromatic rings. The third-order valence-electron chi connectivity index (χ3n) is 3.37. The molecule has 0 radical (unpaired) electrons. The molecule has 0 aliphatic carbocycles. The molecule has 0 aliphatic rings. The summed E-state index contributed by atoms with van der Waals surface area (Å²) in [5.74, 6) is 0.611. The Morgan fingerprint density at radius 1 is 1.13 bits per heavy atom. The maximum Gasteiger partial charge on any atom is 0.240 e. The van der Waals surface area contributed by atoms with Gasteiger partial charge in [-0.25, -0.2) is 9.97 Å². The van der Waals surface area contributed by atoms with Crippen LogP contribution in [0, 0.1) is 0 Å². The number of amides is 1. The summed E-state index contributed by atoms with van der Waals surface area (Å²) in [4.78, 5) is 23.0. The fourth-order valence-electron chi connectivity index (χ4n) is 2.21. The highest BCUT2D eigenvalue weighted by atomic mass is 32.2. The van der Waals surface area contributed by atoms with Gasteiger partial charge in [0.1, 0.15) is 16.9 Å². The molecule has 6 nitrogen and oxygen atoms in total. The van der Waals surface area contributed by atoms with Gasteiger partial charge in [-0.2, -0.15) is 0 Å². The van der Waals surface area contributed by atoms with Gasteiger partial charge in [0.15, 0.2) is 5.16 Å². The van der Waals surface area contributed by atoms with Crippen molar-refractivity contribution in [2.75, 3.05) is 24.6 Å². The average Bonchev–Trinajstić information content (AvgIpc) is 2.53. The van der Waals surface area contributed by atoms with Crippen molar-refractivity contribution in [3.63, 3.8) is 0 Å². The van der Waals surface area contributed by atoms with Gasteiger partial charge in [0.05, 0.1) is 0 Å². The number of hydrogen-bond donors (Lipinski definition) is 2. The van der Waals surface area contributed by atoms with Crippen LogP contribution in [0.5, 0.6) is 0 Å². The van der Waals surface area contributed by atoms with E-state index in [1.165, 1.54) is 17.8 Å². The highest BCUT2D eigenvalue weighted by Gasteiger charge is 2.26. The summed E-state index contributed by atoms with van der Waals surface area (Å²) in [6.07, 6.45) is 0. The third-order valence-corrected chi connectivity index (χ3v) is 4.47. The van der Waals surface area contributed by atoms with Gasteiger partial charge in [-0.1, -0.05) is 42.1 Å². The summed E-state index contributed by atoms with van der Waals surface area (Å²) in [5, 5.41) is -0.0332. The Morgan fingerprint density at radius 2 is 1.70 bits per heavy atom. The molecule has 0 saturated heterocycles. The number of carbonyl (C=O) groups is 1. The number of likely N-dealkylation sites (N-methyl/N-ethyl adjacent to an activating group) is 1. The van der Waals surface area contributed by atoms with Crippen molar-refractivity contribution in [2.24, 2.45) is 0 Å². The second-order valence-electron chi connectivity index (χ2n) is 4.92. The van der Waals surface area contributed by atoms with Gasteiger partial charge in [0.2, 0.25) is 5.91 Å². The van der Waals surface area contributed by atoms with Crippen molar-refractivity contribution < 1.29 is 4.79 Å². The molecule has 2 rings (SSSR count). The van der Waals surface area contributed by atoms with Gasteiger partial charge in [-0.15, -0.1) is 0 Å². The number of aromatic nitrogens is 2. The van der Waals surface area contributed by atoms with Crippen LogP contribution in [0.15, 0.2) is 41.6 Å². The Bertz CT molecular complexity index is 641. The lowest BCUT2D eigenvalue weighted by Crippen LogP contribution is -2.34. The van der Waals surface area contributed by atoms with Crippen molar-refractivity contribution in [3.05, 3.63) is 42.0 Å². The summed E-state index contributed by atoms with van der Waals surface area (Å²) < 4.78 is 0. The number of carbonyl (C=O) groups excluding carboxylic acids is 1. The van der Waals surface area contributed by atoms with Crippen LogP contribution >= 0.6 is 11.8 Å². The molecule has 1 unspecified atom stereocenters. The molecule has 4 N–H and O–H groups in total. The number of nitrogens with zero attached hydrogens (tertiary/aromatic N) is 3. The second-order valence-corrected chi connectivity index (χ2v) is 5.99. The first-order valence-corrected chi connectivity index (χ1v) is 8.33. The quantitative estimate of drug-likeness (QED) is 0.623. The largest absolute Gasteiger partial charge is 0.383 e. The third kappa shape index (κ3) is 4.35. The predicted molar refractivity (Wildman–Crippen MR) is 93.8 cm³/mol. The lowest BCUT2D eigenvalue weighted by atomic mass is 10.1. The first kappa shape index (κ1) is 17.1. The van der Waals surface area contributed by atoms with Crippen molar-refractivity contribution in [1.82, 2.24) is 14.9 Å². The highest BCUT2D eigenvalue weighted by molar-refractivity contribution is 8.00. The van der Waals surface area contributed by atoms with Crippen LogP contribution in [0.4, 0.5) is 11.6 Å². The van der Waals surface area contributed by atoms with Crippen LogP contribution < -0.4 is 11.5 Å². The molecule has 0 bridgehead atoms. The van der Waals surface area contributed by atoms with Crippen LogP contribution in [-0.2, 0) is 4.79 Å². The molecule has 1 aromatic heterocycles. The highest BCUT2D eigenvalue weighted by Crippen LogP contribution is 2.35. The van der Waals surface area contributed by atoms with E-state index in [1.807, 2.05) is 44.2 Å². The van der Waals surface area contributed by atoms with Crippen LogP contribution in [-0.4, -0.2) is 33.9 Å². The van der Waals surface area contributed by atoms with E-state index in [1.54, 1.807) is 4.90 Å². The standard InChI is InChI=1S/C16H21N5OS/c1-3-21(4-2)15(22)14(11-8-6-5-7-9-11)23-16-19-12(17)10-13(18)20-16/h5-10,14H,3-4H2,1-2H3,(H4,17,18,19,20). The van der Waals surface area contributed by atoms with E-state index in [9.17, 15) is 4.79 Å². The van der Waals surface area contributed by atoms with Gasteiger partial charge in [0.25, 0.3) is 0 Å². The molecule has 23 heavy (non-hydrogen) atoms. The zero-order valence-electron chi connectivity index (χ0n) is 13.3. The second kappa shape index (κ2) is 7.82. The molecule has 1 atom stereocenters. The summed E-state index contributed by atoms with van der Waals surface area (Å²) >= 11 is 1.26. The normalized spacial score (nSPS) is 11.9. The molecule has 0 spiro atoms. The molecule has 1 aromatic carbocycles. The SMILES string of the molecule is CCN(CC)C(=O)C(Sc1nc(N)cc(N)n1)c1ccccc1. The Labute approximate surface area is 140 Å². The van der Waals surface area contributed by atoms with Crippen LogP contribution in [0.2, 0.25) is 0 Å². The summed E-state index contributed by atoms with van der Waals surface area (Å²) in [6.45, 7) is 5.23. The maximum absolute atomic E-state index is 12.9. The Morgan fingerprint density at radius 3 is 2.22 bits per heavy atom. The first-order chi connectivity index (χ1) is 11.0. The number of nitrogens with two attached hydrogens (primary N) is 2. The number of rotatable bonds is 6. The van der Waals surface area contributed by atoms with E-state index in [0.717, 1.165) is 5.56 Å². The zero-order valence-corrected chi connectivity index (χ0v) is 14.1. The molecule has 0 saturated carbocycles. The minimum atomic E-state index is -0.433. The minimum Gasteiger partial charge on any atom is -0.383 e. The van der Waals surface area contributed by atoms with E-state index in [4.69, 9.17) is 11.5 Å². The number of nitrogen functional groups attached to an aromatic ring is 2. The smallest absolute Gasteiger partial charge is 0.240 e. The monoisotopic (exact) mass is 331 g/mol. The molecule has 7 heteroatoms. The van der Waals surface area contributed by atoms with E-state index in [-0.39, 0.29) is 5.91 Å². The van der Waals surface area contributed by atoms with Gasteiger partial charge in [-0.05, 0) is 19.4 Å². The molecular weight excluding hydrogens is 310 g/mol. The van der Waals surface area contributed by atoms with Gasteiger partial charge in [0, 0.05) is 19.2 Å². The first-order valence-electron chi connectivity index (χ1n) is 7.45. The summed E-state index contributed by atoms with van der Waals surface area (Å²) in [6, 6.07) is 11.1. The number of hydrogen-bond acceptors (Lipinski definition) is 6. The van der Waals surface area contributed by atoms with Gasteiger partial charge < -0.3 is 16.4 Å². The van der Waals surface area contributed by atoms with Crippen molar-refractivity contribution >= 4 is 29.3 Å². The number of anilines is 2. The lowest BCUT2D eigenvalue weighted by molar-refractivity contribution is -0.130. The maximum atomic E-state index is 12.9. The molecular formula is C16H21N5OS. The van der Waals surface area contributed by atoms with Crippen molar-refractivity contribution in [2.45, 2.75) is 24.3 Å². The molecule has 122 valence electrons. The topological polar surface area (TPSA) is 98.1 Å². The summed E-state index contributed by atoms with van der Waals surface area (Å²) in [5.41, 5.74) is 12.3. The lowest BCUT2D eigenvalue weighted by Gasteiger charge is -2.24. The molecule has 0 fully saturated rings. The van der Waals surface area contributed by atoms with Crippen LogP contribution in [0.25, 0.3) is 0 Å². The van der Waals surface area contributed by atoms with Crippen molar-refractivity contribution in [1.29, 1.82) is 0 Å². The zero-order chi connectivity index (χ0) is 16.8. The van der Waals surface area contributed by atoms with Crippen molar-refractivity contribution in [3.8, 4) is 0 Å². The molecule has 1 heterocycles. The minimum absolute atomic E-state index is 0.0239. The number of thioether (sulfide) groups is 1. The summed E-state index contributed by atoms with van der Waals surface area (Å²) in [7, 11) is 0. The predicted octanol–water partition coefficient (Wildman–Crippen LogP) is 2.34. The average molecular weight is 331 g/mol. The Kier molecular flexibility index (Phi) is 5.81. The van der Waals surface area contributed by atoms with E-state index < -0.39 is 5.25 Å². The fraction of sp³-hybridized carbons (Fsp3) is 0.312. The fourth-order valence-corrected chi connectivity index (χ4v) is 3.28.